The van der Waals surface area contributed by atoms with Crippen LogP contribution in [0.2, 0.25) is 5.02 Å². The third-order valence-corrected chi connectivity index (χ3v) is 3.62. The first-order chi connectivity index (χ1) is 9.29. The molecule has 0 bridgehead atoms. The van der Waals surface area contributed by atoms with Crippen molar-refractivity contribution in [2.45, 2.75) is 18.2 Å². The minimum absolute atomic E-state index is 0.122. The van der Waals surface area contributed by atoms with Crippen LogP contribution < -0.4 is 5.14 Å². The van der Waals surface area contributed by atoms with Crippen LogP contribution in [0.5, 0.6) is 0 Å². The molecule has 0 heterocycles. The molecule has 108 valence electrons. The summed E-state index contributed by atoms with van der Waals surface area (Å²) in [6.07, 6.45) is 5.95. The number of carbonyl (C=O) groups excluding carboxylic acids is 1. The first-order valence-corrected chi connectivity index (χ1v) is 7.78. The predicted octanol–water partition coefficient (Wildman–Crippen LogP) is 1.47. The second-order valence-corrected chi connectivity index (χ2v) is 6.15. The minimum atomic E-state index is -3.93. The number of amides is 1. The van der Waals surface area contributed by atoms with Crippen molar-refractivity contribution >= 4 is 27.5 Å². The quantitative estimate of drug-likeness (QED) is 0.836. The maximum absolute atomic E-state index is 12.3. The Bertz CT molecular complexity index is 650. The molecule has 20 heavy (non-hydrogen) atoms. The van der Waals surface area contributed by atoms with Crippen LogP contribution in [-0.4, -0.2) is 32.3 Å². The van der Waals surface area contributed by atoms with Gasteiger partial charge in [0.05, 0.1) is 11.4 Å². The Morgan fingerprint density at radius 1 is 1.45 bits per heavy atom. The minimum Gasteiger partial charge on any atom is -0.328 e. The van der Waals surface area contributed by atoms with Crippen molar-refractivity contribution in [3.8, 4) is 12.3 Å². The Kier molecular flexibility index (Phi) is 5.57. The van der Waals surface area contributed by atoms with Gasteiger partial charge in [0, 0.05) is 17.1 Å². The van der Waals surface area contributed by atoms with Gasteiger partial charge in [0.25, 0.3) is 5.91 Å². The largest absolute Gasteiger partial charge is 0.328 e. The number of hydrogen-bond acceptors (Lipinski definition) is 3. The highest BCUT2D eigenvalue weighted by molar-refractivity contribution is 7.89. The van der Waals surface area contributed by atoms with E-state index >= 15 is 0 Å². The van der Waals surface area contributed by atoms with Gasteiger partial charge in [0.15, 0.2) is 0 Å². The van der Waals surface area contributed by atoms with Crippen LogP contribution in [0.1, 0.15) is 23.7 Å². The summed E-state index contributed by atoms with van der Waals surface area (Å²) < 4.78 is 22.7. The highest BCUT2D eigenvalue weighted by Crippen LogP contribution is 2.19. The molecule has 1 aromatic carbocycles. The molecule has 1 amide bonds. The second kappa shape index (κ2) is 6.75. The zero-order valence-corrected chi connectivity index (χ0v) is 12.5. The third kappa shape index (κ3) is 4.23. The SMILES string of the molecule is C#CCN(CCC)C(=O)c1cc(Cl)cc(S(N)(=O)=O)c1. The maximum Gasteiger partial charge on any atom is 0.254 e. The molecule has 0 aliphatic heterocycles. The summed E-state index contributed by atoms with van der Waals surface area (Å²) >= 11 is 5.83. The number of nitrogens with zero attached hydrogens (tertiary/aromatic N) is 1. The Hall–Kier alpha value is -1.55. The molecule has 0 aliphatic rings. The van der Waals surface area contributed by atoms with Crippen molar-refractivity contribution in [1.29, 1.82) is 0 Å². The Morgan fingerprint density at radius 3 is 2.60 bits per heavy atom. The Morgan fingerprint density at radius 2 is 2.10 bits per heavy atom. The number of carbonyl (C=O) groups is 1. The van der Waals surface area contributed by atoms with Gasteiger partial charge in [-0.3, -0.25) is 4.79 Å². The number of benzene rings is 1. The molecule has 7 heteroatoms. The average Bonchev–Trinajstić information content (AvgIpc) is 2.36. The van der Waals surface area contributed by atoms with Gasteiger partial charge in [0.1, 0.15) is 0 Å². The first kappa shape index (κ1) is 16.5. The molecule has 0 saturated heterocycles. The van der Waals surface area contributed by atoms with E-state index in [0.717, 1.165) is 6.42 Å². The van der Waals surface area contributed by atoms with E-state index in [0.29, 0.717) is 6.54 Å². The molecule has 0 unspecified atom stereocenters. The van der Waals surface area contributed by atoms with Gasteiger partial charge in [-0.15, -0.1) is 6.42 Å². The fourth-order valence-electron chi connectivity index (χ4n) is 1.67. The van der Waals surface area contributed by atoms with Crippen LogP contribution >= 0.6 is 11.6 Å². The van der Waals surface area contributed by atoms with Crippen LogP contribution in [0.4, 0.5) is 0 Å². The van der Waals surface area contributed by atoms with E-state index in [9.17, 15) is 13.2 Å². The fourth-order valence-corrected chi connectivity index (χ4v) is 2.55. The van der Waals surface area contributed by atoms with Crippen molar-refractivity contribution in [2.75, 3.05) is 13.1 Å². The first-order valence-electron chi connectivity index (χ1n) is 5.85. The molecule has 0 aromatic heterocycles. The molecule has 0 fully saturated rings. The highest BCUT2D eigenvalue weighted by atomic mass is 35.5. The molecule has 0 radical (unpaired) electrons. The normalized spacial score (nSPS) is 10.9. The summed E-state index contributed by atoms with van der Waals surface area (Å²) in [4.78, 5) is 13.5. The number of nitrogens with two attached hydrogens (primary N) is 1. The zero-order chi connectivity index (χ0) is 15.3. The predicted molar refractivity (Wildman–Crippen MR) is 77.9 cm³/mol. The van der Waals surface area contributed by atoms with Crippen LogP contribution in [0.15, 0.2) is 23.1 Å². The van der Waals surface area contributed by atoms with Gasteiger partial charge in [0.2, 0.25) is 10.0 Å². The molecular formula is C13H15ClN2O3S. The van der Waals surface area contributed by atoms with E-state index in [-0.39, 0.29) is 27.9 Å². The molecule has 5 nitrogen and oxygen atoms in total. The summed E-state index contributed by atoms with van der Waals surface area (Å²) in [5.41, 5.74) is 0.144. The van der Waals surface area contributed by atoms with E-state index in [2.05, 4.69) is 5.92 Å². The molecule has 0 saturated carbocycles. The van der Waals surface area contributed by atoms with E-state index in [1.807, 2.05) is 6.92 Å². The molecule has 0 atom stereocenters. The molecule has 0 aliphatic carbocycles. The molecule has 1 aromatic rings. The lowest BCUT2D eigenvalue weighted by Gasteiger charge is -2.19. The molecular weight excluding hydrogens is 300 g/mol. The number of halogens is 1. The van der Waals surface area contributed by atoms with Gasteiger partial charge in [-0.2, -0.15) is 0 Å². The van der Waals surface area contributed by atoms with Gasteiger partial charge in [-0.05, 0) is 24.6 Å². The smallest absolute Gasteiger partial charge is 0.254 e. The zero-order valence-electron chi connectivity index (χ0n) is 11.0. The van der Waals surface area contributed by atoms with Crippen molar-refractivity contribution < 1.29 is 13.2 Å². The average molecular weight is 315 g/mol. The van der Waals surface area contributed by atoms with Gasteiger partial charge in [-0.1, -0.05) is 24.4 Å². The summed E-state index contributed by atoms with van der Waals surface area (Å²) in [5, 5.41) is 5.17. The lowest BCUT2D eigenvalue weighted by Crippen LogP contribution is -2.32. The van der Waals surface area contributed by atoms with Crippen molar-refractivity contribution in [3.05, 3.63) is 28.8 Å². The standard InChI is InChI=1S/C13H15ClN2O3S/c1-3-5-16(6-4-2)13(17)10-7-11(14)9-12(8-10)20(15,18)19/h1,7-9H,4-6H2,2H3,(H2,15,18,19). The number of rotatable bonds is 5. The fraction of sp³-hybridized carbons (Fsp3) is 0.308. The highest BCUT2D eigenvalue weighted by Gasteiger charge is 2.18. The van der Waals surface area contributed by atoms with E-state index in [1.165, 1.54) is 23.1 Å². The summed E-state index contributed by atoms with van der Waals surface area (Å²) in [6.45, 7) is 2.52. The van der Waals surface area contributed by atoms with Crippen molar-refractivity contribution in [2.24, 2.45) is 5.14 Å². The monoisotopic (exact) mass is 314 g/mol. The number of primary sulfonamides is 1. The summed E-state index contributed by atoms with van der Waals surface area (Å²) in [7, 11) is -3.93. The number of hydrogen-bond donors (Lipinski definition) is 1. The van der Waals surface area contributed by atoms with Crippen molar-refractivity contribution in [1.82, 2.24) is 4.90 Å². The van der Waals surface area contributed by atoms with E-state index in [1.54, 1.807) is 0 Å². The number of terminal acetylenes is 1. The van der Waals surface area contributed by atoms with E-state index in [4.69, 9.17) is 23.2 Å². The summed E-state index contributed by atoms with van der Waals surface area (Å²) in [6, 6.07) is 3.78. The Balaban J connectivity index is 3.22. The van der Waals surface area contributed by atoms with Crippen LogP contribution in [0.3, 0.4) is 0 Å². The van der Waals surface area contributed by atoms with Gasteiger partial charge < -0.3 is 4.90 Å². The molecule has 2 N–H and O–H groups in total. The lowest BCUT2D eigenvalue weighted by atomic mass is 10.2. The van der Waals surface area contributed by atoms with Crippen molar-refractivity contribution in [3.63, 3.8) is 0 Å². The third-order valence-electron chi connectivity index (χ3n) is 2.51. The Labute approximate surface area is 123 Å². The maximum atomic E-state index is 12.3. The molecule has 1 rings (SSSR count). The van der Waals surface area contributed by atoms with Gasteiger partial charge >= 0.3 is 0 Å². The van der Waals surface area contributed by atoms with Gasteiger partial charge in [-0.25, -0.2) is 13.6 Å². The van der Waals surface area contributed by atoms with Crippen LogP contribution in [0.25, 0.3) is 0 Å². The second-order valence-electron chi connectivity index (χ2n) is 4.15. The molecule has 0 spiro atoms. The topological polar surface area (TPSA) is 80.5 Å². The lowest BCUT2D eigenvalue weighted by molar-refractivity contribution is 0.0776. The van der Waals surface area contributed by atoms with Crippen LogP contribution in [0, 0.1) is 12.3 Å². The van der Waals surface area contributed by atoms with E-state index < -0.39 is 10.0 Å². The number of sulfonamides is 1. The summed E-state index contributed by atoms with van der Waals surface area (Å²) in [5.74, 6) is 2.01. The van der Waals surface area contributed by atoms with Crippen LogP contribution in [-0.2, 0) is 10.0 Å².